The molecular formula is C20H16ClN3O2. The molecule has 0 unspecified atom stereocenters. The number of nitrogens with zero attached hydrogens (tertiary/aromatic N) is 3. The summed E-state index contributed by atoms with van der Waals surface area (Å²) in [5.41, 5.74) is 3.72. The van der Waals surface area contributed by atoms with Gasteiger partial charge < -0.3 is 9.47 Å². The van der Waals surface area contributed by atoms with Gasteiger partial charge in [0.25, 0.3) is 0 Å². The maximum Gasteiger partial charge on any atom is 0.172 e. The highest BCUT2D eigenvalue weighted by Crippen LogP contribution is 2.32. The summed E-state index contributed by atoms with van der Waals surface area (Å²) in [6.45, 7) is 0. The van der Waals surface area contributed by atoms with Gasteiger partial charge >= 0.3 is 0 Å². The molecule has 2 aromatic heterocycles. The van der Waals surface area contributed by atoms with E-state index in [0.29, 0.717) is 16.6 Å². The van der Waals surface area contributed by atoms with E-state index in [1.54, 1.807) is 20.3 Å². The van der Waals surface area contributed by atoms with Gasteiger partial charge in [0.1, 0.15) is 11.5 Å². The molecule has 0 saturated heterocycles. The summed E-state index contributed by atoms with van der Waals surface area (Å²) in [6.07, 6.45) is 2.01. The third-order valence-electron chi connectivity index (χ3n) is 4.23. The number of ether oxygens (including phenoxy) is 2. The number of halogens is 1. The van der Waals surface area contributed by atoms with Crippen LogP contribution in [0.25, 0.3) is 28.2 Å². The molecule has 0 aliphatic rings. The quantitative estimate of drug-likeness (QED) is 0.524. The molecule has 0 aliphatic heterocycles. The molecule has 0 aliphatic carbocycles. The van der Waals surface area contributed by atoms with Crippen molar-refractivity contribution in [1.29, 1.82) is 0 Å². The molecule has 130 valence electrons. The van der Waals surface area contributed by atoms with Gasteiger partial charge in [-0.15, -0.1) is 10.2 Å². The van der Waals surface area contributed by atoms with E-state index in [4.69, 9.17) is 21.1 Å². The number of hydrogen-bond acceptors (Lipinski definition) is 4. The predicted molar refractivity (Wildman–Crippen MR) is 102 cm³/mol. The minimum absolute atomic E-state index is 0.610. The SMILES string of the molecule is COc1ccc(-c2ccc3nnc(-c4ccc(Cl)cc4OC)n3c2)cc1. The smallest absolute Gasteiger partial charge is 0.172 e. The molecule has 0 saturated carbocycles. The fraction of sp³-hybridized carbons (Fsp3) is 0.100. The zero-order valence-corrected chi connectivity index (χ0v) is 15.1. The van der Waals surface area contributed by atoms with Gasteiger partial charge in [0, 0.05) is 11.2 Å². The average Bonchev–Trinajstić information content (AvgIpc) is 3.11. The topological polar surface area (TPSA) is 48.7 Å². The van der Waals surface area contributed by atoms with Crippen molar-refractivity contribution in [3.8, 4) is 34.0 Å². The summed E-state index contributed by atoms with van der Waals surface area (Å²) in [6, 6.07) is 17.4. The molecule has 4 aromatic rings. The van der Waals surface area contributed by atoms with E-state index in [1.165, 1.54) is 0 Å². The van der Waals surface area contributed by atoms with Crippen molar-refractivity contribution >= 4 is 17.2 Å². The Bertz CT molecular complexity index is 1070. The highest BCUT2D eigenvalue weighted by atomic mass is 35.5. The fourth-order valence-electron chi connectivity index (χ4n) is 2.88. The Hall–Kier alpha value is -3.05. The molecule has 0 spiro atoms. The second-order valence-electron chi connectivity index (χ2n) is 5.74. The number of fused-ring (bicyclic) bond motifs is 1. The summed E-state index contributed by atoms with van der Waals surface area (Å²) < 4.78 is 12.6. The summed E-state index contributed by atoms with van der Waals surface area (Å²) in [5.74, 6) is 2.18. The minimum atomic E-state index is 0.610. The highest BCUT2D eigenvalue weighted by Gasteiger charge is 2.14. The molecule has 0 amide bonds. The molecule has 0 bridgehead atoms. The highest BCUT2D eigenvalue weighted by molar-refractivity contribution is 6.30. The van der Waals surface area contributed by atoms with Gasteiger partial charge in [-0.2, -0.15) is 0 Å². The Morgan fingerprint density at radius 3 is 2.35 bits per heavy atom. The Kier molecular flexibility index (Phi) is 4.22. The molecule has 0 fully saturated rings. The van der Waals surface area contributed by atoms with Gasteiger partial charge in [-0.25, -0.2) is 0 Å². The first-order chi connectivity index (χ1) is 12.7. The summed E-state index contributed by atoms with van der Waals surface area (Å²) in [7, 11) is 3.27. The Morgan fingerprint density at radius 2 is 1.62 bits per heavy atom. The van der Waals surface area contributed by atoms with Gasteiger partial charge in [-0.1, -0.05) is 23.7 Å². The van der Waals surface area contributed by atoms with Crippen LogP contribution in [0.1, 0.15) is 0 Å². The fourth-order valence-corrected chi connectivity index (χ4v) is 3.04. The predicted octanol–water partition coefficient (Wildman–Crippen LogP) is 4.73. The molecule has 0 N–H and O–H groups in total. The van der Waals surface area contributed by atoms with Crippen LogP contribution in [0.2, 0.25) is 5.02 Å². The second-order valence-corrected chi connectivity index (χ2v) is 6.18. The lowest BCUT2D eigenvalue weighted by Crippen LogP contribution is -1.94. The monoisotopic (exact) mass is 365 g/mol. The van der Waals surface area contributed by atoms with Crippen molar-refractivity contribution in [2.24, 2.45) is 0 Å². The maximum atomic E-state index is 6.07. The number of pyridine rings is 1. The van der Waals surface area contributed by atoms with Gasteiger partial charge in [-0.05, 0) is 53.6 Å². The average molecular weight is 366 g/mol. The second kappa shape index (κ2) is 6.69. The lowest BCUT2D eigenvalue weighted by Gasteiger charge is -2.09. The van der Waals surface area contributed by atoms with Crippen LogP contribution in [0.5, 0.6) is 11.5 Å². The van der Waals surface area contributed by atoms with E-state index >= 15 is 0 Å². The van der Waals surface area contributed by atoms with E-state index in [-0.39, 0.29) is 0 Å². The van der Waals surface area contributed by atoms with Crippen molar-refractivity contribution < 1.29 is 9.47 Å². The summed E-state index contributed by atoms with van der Waals surface area (Å²) >= 11 is 6.07. The number of aromatic nitrogens is 3. The zero-order valence-electron chi connectivity index (χ0n) is 14.3. The Morgan fingerprint density at radius 1 is 0.846 bits per heavy atom. The van der Waals surface area contributed by atoms with E-state index in [1.807, 2.05) is 59.1 Å². The number of methoxy groups -OCH3 is 2. The van der Waals surface area contributed by atoms with E-state index in [9.17, 15) is 0 Å². The molecular weight excluding hydrogens is 350 g/mol. The number of rotatable bonds is 4. The van der Waals surface area contributed by atoms with E-state index in [0.717, 1.165) is 28.1 Å². The molecule has 6 heteroatoms. The maximum absolute atomic E-state index is 6.07. The van der Waals surface area contributed by atoms with Crippen LogP contribution in [0, 0.1) is 0 Å². The first-order valence-electron chi connectivity index (χ1n) is 8.03. The van der Waals surface area contributed by atoms with Crippen molar-refractivity contribution in [2.75, 3.05) is 14.2 Å². The van der Waals surface area contributed by atoms with Crippen LogP contribution in [-0.2, 0) is 0 Å². The first-order valence-corrected chi connectivity index (χ1v) is 8.40. The Balaban J connectivity index is 1.85. The van der Waals surface area contributed by atoms with Crippen molar-refractivity contribution in [1.82, 2.24) is 14.6 Å². The summed E-state index contributed by atoms with van der Waals surface area (Å²) in [4.78, 5) is 0. The van der Waals surface area contributed by atoms with Crippen molar-refractivity contribution in [2.45, 2.75) is 0 Å². The minimum Gasteiger partial charge on any atom is -0.497 e. The van der Waals surface area contributed by atoms with Crippen LogP contribution in [-0.4, -0.2) is 28.8 Å². The Labute approximate surface area is 155 Å². The number of benzene rings is 2. The zero-order chi connectivity index (χ0) is 18.1. The molecule has 4 rings (SSSR count). The first kappa shape index (κ1) is 16.4. The van der Waals surface area contributed by atoms with E-state index < -0.39 is 0 Å². The van der Waals surface area contributed by atoms with Crippen LogP contribution in [0.15, 0.2) is 60.8 Å². The molecule has 0 radical (unpaired) electrons. The lowest BCUT2D eigenvalue weighted by molar-refractivity contribution is 0.415. The molecule has 26 heavy (non-hydrogen) atoms. The third kappa shape index (κ3) is 2.86. The van der Waals surface area contributed by atoms with Crippen molar-refractivity contribution in [3.63, 3.8) is 0 Å². The lowest BCUT2D eigenvalue weighted by atomic mass is 10.1. The molecule has 0 atom stereocenters. The van der Waals surface area contributed by atoms with Crippen LogP contribution >= 0.6 is 11.6 Å². The summed E-state index contributed by atoms with van der Waals surface area (Å²) in [5, 5.41) is 9.20. The largest absolute Gasteiger partial charge is 0.497 e. The van der Waals surface area contributed by atoms with Gasteiger partial charge in [-0.3, -0.25) is 4.40 Å². The standard InChI is InChI=1S/C20H16ClN3O2/c1-25-16-7-3-13(4-8-16)14-5-10-19-22-23-20(24(19)12-14)17-9-6-15(21)11-18(17)26-2/h3-12H,1-2H3. The van der Waals surface area contributed by atoms with Crippen molar-refractivity contribution in [3.05, 3.63) is 65.8 Å². The molecule has 5 nitrogen and oxygen atoms in total. The van der Waals surface area contributed by atoms with Crippen LogP contribution in [0.4, 0.5) is 0 Å². The van der Waals surface area contributed by atoms with Gasteiger partial charge in [0.2, 0.25) is 0 Å². The van der Waals surface area contributed by atoms with Crippen LogP contribution < -0.4 is 9.47 Å². The van der Waals surface area contributed by atoms with E-state index in [2.05, 4.69) is 10.2 Å². The van der Waals surface area contributed by atoms with Gasteiger partial charge in [0.15, 0.2) is 11.5 Å². The number of hydrogen-bond donors (Lipinski definition) is 0. The molecule has 2 aromatic carbocycles. The van der Waals surface area contributed by atoms with Gasteiger partial charge in [0.05, 0.1) is 19.8 Å². The molecule has 2 heterocycles. The van der Waals surface area contributed by atoms with Crippen LogP contribution in [0.3, 0.4) is 0 Å². The normalized spacial score (nSPS) is 10.9. The third-order valence-corrected chi connectivity index (χ3v) is 4.47.